The van der Waals surface area contributed by atoms with Crippen LogP contribution in [0.4, 0.5) is 5.69 Å². The minimum atomic E-state index is -3.68. The Balaban J connectivity index is 1.30. The molecule has 7 nitrogen and oxygen atoms in total. The van der Waals surface area contributed by atoms with E-state index in [1.54, 1.807) is 40.5 Å². The van der Waals surface area contributed by atoms with Gasteiger partial charge in [0.05, 0.1) is 4.88 Å². The number of thiophene rings is 1. The molecule has 0 aliphatic carbocycles. The van der Waals surface area contributed by atoms with Crippen molar-refractivity contribution in [3.8, 4) is 12.3 Å². The highest BCUT2D eigenvalue weighted by Gasteiger charge is 2.32. The maximum atomic E-state index is 13.1. The van der Waals surface area contributed by atoms with E-state index in [4.69, 9.17) is 6.42 Å². The number of aryl methyl sites for hydroxylation is 1. The van der Waals surface area contributed by atoms with Gasteiger partial charge in [0.15, 0.2) is 0 Å². The Kier molecular flexibility index (Phi) is 5.01. The number of piperazine rings is 1. The van der Waals surface area contributed by atoms with Crippen molar-refractivity contribution in [1.29, 1.82) is 0 Å². The third-order valence-electron chi connectivity index (χ3n) is 5.82. The molecule has 0 atom stereocenters. The molecule has 1 aromatic carbocycles. The van der Waals surface area contributed by atoms with Gasteiger partial charge in [0.1, 0.15) is 5.03 Å². The zero-order chi connectivity index (χ0) is 21.6. The van der Waals surface area contributed by atoms with Crippen LogP contribution in [0.15, 0.2) is 35.4 Å². The van der Waals surface area contributed by atoms with E-state index < -0.39 is 10.0 Å². The fourth-order valence-electron chi connectivity index (χ4n) is 4.10. The first-order chi connectivity index (χ1) is 15.0. The molecule has 1 amide bonds. The largest absolute Gasteiger partial charge is 0.384 e. The third kappa shape index (κ3) is 3.61. The molecule has 31 heavy (non-hydrogen) atoms. The van der Waals surface area contributed by atoms with Crippen LogP contribution in [0.25, 0.3) is 10.9 Å². The van der Waals surface area contributed by atoms with Crippen molar-refractivity contribution in [2.24, 2.45) is 0 Å². The van der Waals surface area contributed by atoms with Crippen molar-refractivity contribution in [1.82, 2.24) is 14.2 Å². The first-order valence-electron chi connectivity index (χ1n) is 10.2. The molecule has 5 rings (SSSR count). The van der Waals surface area contributed by atoms with Gasteiger partial charge < -0.3 is 15.2 Å². The average molecular weight is 455 g/mol. The van der Waals surface area contributed by atoms with Crippen molar-refractivity contribution < 1.29 is 13.2 Å². The fraction of sp³-hybridized carbons (Fsp3) is 0.318. The van der Waals surface area contributed by atoms with E-state index in [-0.39, 0.29) is 24.0 Å². The van der Waals surface area contributed by atoms with Gasteiger partial charge in [-0.3, -0.25) is 4.79 Å². The number of anilines is 1. The number of nitrogens with one attached hydrogen (secondary N) is 2. The Morgan fingerprint density at radius 2 is 1.94 bits per heavy atom. The first kappa shape index (κ1) is 20.1. The number of aromatic nitrogens is 1. The average Bonchev–Trinajstić information content (AvgIpc) is 3.42. The molecule has 1 fully saturated rings. The van der Waals surface area contributed by atoms with E-state index >= 15 is 0 Å². The van der Waals surface area contributed by atoms with Gasteiger partial charge in [-0.05, 0) is 43.2 Å². The molecule has 2 N–H and O–H groups in total. The standard InChI is InChI=1S/C22H22N4O3S2/c1-2-15-5-6-17-16(12-15)13-21(24-17)31(28,29)26-10-8-25(9-11-26)22(27)20-14-18-19(30-20)4-3-7-23-18/h1,5-6,12-14,23-24H,3-4,7-11H2. The lowest BCUT2D eigenvalue weighted by molar-refractivity contribution is 0.0702. The van der Waals surface area contributed by atoms with E-state index in [0.29, 0.717) is 18.7 Å². The Hall–Kier alpha value is -2.80. The van der Waals surface area contributed by atoms with Crippen molar-refractivity contribution in [3.63, 3.8) is 0 Å². The molecule has 0 saturated carbocycles. The van der Waals surface area contributed by atoms with Crippen molar-refractivity contribution >= 4 is 43.9 Å². The number of carbonyl (C=O) groups is 1. The summed E-state index contributed by atoms with van der Waals surface area (Å²) in [5, 5.41) is 4.25. The van der Waals surface area contributed by atoms with E-state index in [1.165, 1.54) is 9.18 Å². The molecular weight excluding hydrogens is 432 g/mol. The quantitative estimate of drug-likeness (QED) is 0.596. The number of rotatable bonds is 3. The molecule has 2 aliphatic rings. The van der Waals surface area contributed by atoms with Gasteiger partial charge in [-0.25, -0.2) is 8.42 Å². The molecular formula is C22H22N4O3S2. The molecule has 0 bridgehead atoms. The molecule has 2 aliphatic heterocycles. The van der Waals surface area contributed by atoms with Crippen LogP contribution in [-0.4, -0.2) is 61.2 Å². The number of nitrogens with zero attached hydrogens (tertiary/aromatic N) is 2. The number of amides is 1. The van der Waals surface area contributed by atoms with Crippen molar-refractivity contribution in [3.05, 3.63) is 45.6 Å². The molecule has 0 unspecified atom stereocenters. The number of H-pyrrole nitrogens is 1. The second kappa shape index (κ2) is 7.71. The summed E-state index contributed by atoms with van der Waals surface area (Å²) in [4.78, 5) is 19.6. The van der Waals surface area contributed by atoms with Crippen LogP contribution >= 0.6 is 11.3 Å². The van der Waals surface area contributed by atoms with E-state index in [1.807, 2.05) is 6.07 Å². The minimum Gasteiger partial charge on any atom is -0.384 e. The second-order valence-corrected chi connectivity index (χ2v) is 10.8. The predicted molar refractivity (Wildman–Crippen MR) is 122 cm³/mol. The summed E-state index contributed by atoms with van der Waals surface area (Å²) in [5.41, 5.74) is 2.49. The number of sulfonamides is 1. The maximum absolute atomic E-state index is 13.1. The molecule has 1 saturated heterocycles. The van der Waals surface area contributed by atoms with Gasteiger partial charge in [0.2, 0.25) is 0 Å². The van der Waals surface area contributed by atoms with Gasteiger partial charge in [-0.1, -0.05) is 5.92 Å². The van der Waals surface area contributed by atoms with Crippen LogP contribution in [0.5, 0.6) is 0 Å². The molecule has 2 aromatic heterocycles. The summed E-state index contributed by atoms with van der Waals surface area (Å²) < 4.78 is 27.7. The predicted octanol–water partition coefficient (Wildman–Crippen LogP) is 2.72. The Labute approximate surface area is 185 Å². The Bertz CT molecular complexity index is 1280. The fourth-order valence-corrected chi connectivity index (χ4v) is 6.69. The van der Waals surface area contributed by atoms with Crippen LogP contribution in [-0.2, 0) is 16.4 Å². The summed E-state index contributed by atoms with van der Waals surface area (Å²) >= 11 is 1.54. The minimum absolute atomic E-state index is 0.0225. The first-order valence-corrected chi connectivity index (χ1v) is 12.5. The third-order valence-corrected chi connectivity index (χ3v) is 8.83. The zero-order valence-electron chi connectivity index (χ0n) is 16.8. The molecule has 0 spiro atoms. The summed E-state index contributed by atoms with van der Waals surface area (Å²) in [7, 11) is -3.68. The number of fused-ring (bicyclic) bond motifs is 2. The number of benzene rings is 1. The molecule has 9 heteroatoms. The summed E-state index contributed by atoms with van der Waals surface area (Å²) in [5.74, 6) is 2.54. The lowest BCUT2D eigenvalue weighted by atomic mass is 10.2. The number of hydrogen-bond donors (Lipinski definition) is 2. The van der Waals surface area contributed by atoms with Gasteiger partial charge in [-0.15, -0.1) is 17.8 Å². The Morgan fingerprint density at radius 3 is 2.68 bits per heavy atom. The van der Waals surface area contributed by atoms with Gasteiger partial charge in [0.25, 0.3) is 15.9 Å². The highest BCUT2D eigenvalue weighted by atomic mass is 32.2. The van der Waals surface area contributed by atoms with Crippen LogP contribution in [0.1, 0.15) is 26.5 Å². The topological polar surface area (TPSA) is 85.5 Å². The van der Waals surface area contributed by atoms with E-state index in [0.717, 1.165) is 40.9 Å². The summed E-state index contributed by atoms with van der Waals surface area (Å²) in [6, 6.07) is 8.90. The zero-order valence-corrected chi connectivity index (χ0v) is 18.5. The van der Waals surface area contributed by atoms with Gasteiger partial charge >= 0.3 is 0 Å². The molecule has 0 radical (unpaired) electrons. The number of carbonyl (C=O) groups excluding carboxylic acids is 1. The highest BCUT2D eigenvalue weighted by molar-refractivity contribution is 7.89. The SMILES string of the molecule is C#Cc1ccc2[nH]c(S(=O)(=O)N3CCN(C(=O)c4cc5c(s4)CCCN5)CC3)cc2c1. The smallest absolute Gasteiger partial charge is 0.264 e. The normalized spacial score (nSPS) is 17.2. The van der Waals surface area contributed by atoms with E-state index in [9.17, 15) is 13.2 Å². The maximum Gasteiger partial charge on any atom is 0.264 e. The molecule has 3 aromatic rings. The monoisotopic (exact) mass is 454 g/mol. The highest BCUT2D eigenvalue weighted by Crippen LogP contribution is 2.32. The number of aromatic amines is 1. The number of hydrogen-bond acceptors (Lipinski definition) is 5. The number of terminal acetylenes is 1. The summed E-state index contributed by atoms with van der Waals surface area (Å²) in [6.45, 7) is 2.21. The van der Waals surface area contributed by atoms with E-state index in [2.05, 4.69) is 16.2 Å². The summed E-state index contributed by atoms with van der Waals surface area (Å²) in [6.07, 6.45) is 7.52. The van der Waals surface area contributed by atoms with Crippen molar-refractivity contribution in [2.45, 2.75) is 17.9 Å². The second-order valence-electron chi connectivity index (χ2n) is 7.75. The van der Waals surface area contributed by atoms with Gasteiger partial charge in [-0.2, -0.15) is 4.31 Å². The van der Waals surface area contributed by atoms with Crippen molar-refractivity contribution in [2.75, 3.05) is 38.0 Å². The lowest BCUT2D eigenvalue weighted by Gasteiger charge is -2.33. The van der Waals surface area contributed by atoms with Gasteiger partial charge in [0, 0.05) is 59.8 Å². The lowest BCUT2D eigenvalue weighted by Crippen LogP contribution is -2.50. The Morgan fingerprint density at radius 1 is 1.13 bits per heavy atom. The molecule has 160 valence electrons. The van der Waals surface area contributed by atoms with Crippen LogP contribution in [0.3, 0.4) is 0 Å². The van der Waals surface area contributed by atoms with Crippen LogP contribution < -0.4 is 5.32 Å². The van der Waals surface area contributed by atoms with Crippen LogP contribution in [0, 0.1) is 12.3 Å². The van der Waals surface area contributed by atoms with Crippen LogP contribution in [0.2, 0.25) is 0 Å². The molecule has 4 heterocycles.